The van der Waals surface area contributed by atoms with Crippen LogP contribution in [0.25, 0.3) is 22.1 Å². The zero-order valence-electron chi connectivity index (χ0n) is 17.3. The lowest BCUT2D eigenvalue weighted by molar-refractivity contribution is 0.559. The van der Waals surface area contributed by atoms with E-state index < -0.39 is 0 Å². The first-order valence-corrected chi connectivity index (χ1v) is 9.80. The van der Waals surface area contributed by atoms with Crippen molar-refractivity contribution >= 4 is 22.3 Å². The SMILES string of the molecule is CN(c1ccccc1)c1ccc(-c2cc(=O)oc3ccc(C(C)(C)C)cc23)cc1. The molecule has 0 aliphatic rings. The molecule has 4 aromatic rings. The first-order chi connectivity index (χ1) is 13.8. The van der Waals surface area contributed by atoms with Crippen molar-refractivity contribution in [2.45, 2.75) is 26.2 Å². The molecule has 0 saturated carbocycles. The largest absolute Gasteiger partial charge is 0.423 e. The van der Waals surface area contributed by atoms with Gasteiger partial charge in [0.2, 0.25) is 0 Å². The smallest absolute Gasteiger partial charge is 0.336 e. The lowest BCUT2D eigenvalue weighted by Gasteiger charge is -2.20. The number of hydrogen-bond acceptors (Lipinski definition) is 3. The fourth-order valence-electron chi connectivity index (χ4n) is 3.53. The highest BCUT2D eigenvalue weighted by Gasteiger charge is 2.16. The molecule has 1 aromatic heterocycles. The molecule has 0 radical (unpaired) electrons. The minimum Gasteiger partial charge on any atom is -0.423 e. The second-order valence-corrected chi connectivity index (χ2v) is 8.38. The predicted molar refractivity (Wildman–Crippen MR) is 121 cm³/mol. The number of anilines is 2. The number of hydrogen-bond donors (Lipinski definition) is 0. The highest BCUT2D eigenvalue weighted by molar-refractivity contribution is 5.94. The lowest BCUT2D eigenvalue weighted by atomic mass is 9.85. The monoisotopic (exact) mass is 383 g/mol. The van der Waals surface area contributed by atoms with Crippen LogP contribution in [0.4, 0.5) is 11.4 Å². The quantitative estimate of drug-likeness (QED) is 0.377. The molecule has 1 heterocycles. The average Bonchev–Trinajstić information content (AvgIpc) is 2.72. The Balaban J connectivity index is 1.79. The zero-order valence-corrected chi connectivity index (χ0v) is 17.3. The third-order valence-electron chi connectivity index (χ3n) is 5.32. The summed E-state index contributed by atoms with van der Waals surface area (Å²) < 4.78 is 5.45. The van der Waals surface area contributed by atoms with E-state index in [1.807, 2.05) is 37.4 Å². The third kappa shape index (κ3) is 3.81. The molecule has 3 nitrogen and oxygen atoms in total. The standard InChI is InChI=1S/C26H25NO2/c1-26(2,3)19-12-15-24-23(16-19)22(17-25(28)29-24)18-10-13-21(14-11-18)27(4)20-8-6-5-7-9-20/h5-17H,1-4H3. The van der Waals surface area contributed by atoms with E-state index in [9.17, 15) is 4.79 Å². The van der Waals surface area contributed by atoms with Crippen molar-refractivity contribution in [3.05, 3.63) is 94.8 Å². The van der Waals surface area contributed by atoms with E-state index in [-0.39, 0.29) is 11.0 Å². The van der Waals surface area contributed by atoms with E-state index >= 15 is 0 Å². The summed E-state index contributed by atoms with van der Waals surface area (Å²) in [7, 11) is 2.05. The molecule has 0 saturated heterocycles. The highest BCUT2D eigenvalue weighted by Crippen LogP contribution is 2.33. The van der Waals surface area contributed by atoms with Crippen molar-refractivity contribution in [2.24, 2.45) is 0 Å². The Morgan fingerprint density at radius 2 is 1.45 bits per heavy atom. The van der Waals surface area contributed by atoms with Crippen LogP contribution >= 0.6 is 0 Å². The molecule has 0 aliphatic heterocycles. The molecule has 0 bridgehead atoms. The second kappa shape index (κ2) is 7.25. The van der Waals surface area contributed by atoms with E-state index in [2.05, 4.69) is 68.1 Å². The fourth-order valence-corrected chi connectivity index (χ4v) is 3.53. The number of benzene rings is 3. The molecule has 0 N–H and O–H groups in total. The Bertz CT molecular complexity index is 1200. The fraction of sp³-hybridized carbons (Fsp3) is 0.192. The minimum absolute atomic E-state index is 0.0177. The molecule has 0 aliphatic carbocycles. The molecule has 146 valence electrons. The Kier molecular flexibility index (Phi) is 4.75. The van der Waals surface area contributed by atoms with E-state index in [4.69, 9.17) is 4.42 Å². The zero-order chi connectivity index (χ0) is 20.6. The van der Waals surface area contributed by atoms with Crippen molar-refractivity contribution in [1.29, 1.82) is 0 Å². The van der Waals surface area contributed by atoms with Gasteiger partial charge in [-0.15, -0.1) is 0 Å². The molecule has 29 heavy (non-hydrogen) atoms. The van der Waals surface area contributed by atoms with Crippen molar-refractivity contribution < 1.29 is 4.42 Å². The maximum absolute atomic E-state index is 12.1. The van der Waals surface area contributed by atoms with Gasteiger partial charge in [-0.05, 0) is 58.5 Å². The summed E-state index contributed by atoms with van der Waals surface area (Å²) in [5, 5.41) is 0.959. The molecule has 0 amide bonds. The summed E-state index contributed by atoms with van der Waals surface area (Å²) in [6.07, 6.45) is 0. The summed E-state index contributed by atoms with van der Waals surface area (Å²) in [6, 6.07) is 26.2. The summed E-state index contributed by atoms with van der Waals surface area (Å²) in [5.41, 5.74) is 5.62. The van der Waals surface area contributed by atoms with Crippen LogP contribution in [0.3, 0.4) is 0 Å². The van der Waals surface area contributed by atoms with Gasteiger partial charge in [-0.3, -0.25) is 0 Å². The van der Waals surface area contributed by atoms with Crippen LogP contribution in [0.15, 0.2) is 88.1 Å². The molecule has 0 atom stereocenters. The van der Waals surface area contributed by atoms with Gasteiger partial charge in [-0.2, -0.15) is 0 Å². The maximum atomic E-state index is 12.1. The second-order valence-electron chi connectivity index (χ2n) is 8.38. The number of nitrogens with zero attached hydrogens (tertiary/aromatic N) is 1. The van der Waals surface area contributed by atoms with Crippen molar-refractivity contribution in [2.75, 3.05) is 11.9 Å². The van der Waals surface area contributed by atoms with Gasteiger partial charge in [-0.1, -0.05) is 57.2 Å². The molecule has 4 rings (SSSR count). The summed E-state index contributed by atoms with van der Waals surface area (Å²) in [6.45, 7) is 6.55. The van der Waals surface area contributed by atoms with Crippen LogP contribution in [0.2, 0.25) is 0 Å². The van der Waals surface area contributed by atoms with Crippen molar-refractivity contribution in [3.8, 4) is 11.1 Å². The normalized spacial score (nSPS) is 11.6. The van der Waals surface area contributed by atoms with Crippen LogP contribution in [0, 0.1) is 0 Å². The molecular weight excluding hydrogens is 358 g/mol. The first kappa shape index (κ1) is 19.0. The van der Waals surface area contributed by atoms with Gasteiger partial charge in [0.05, 0.1) is 0 Å². The summed E-state index contributed by atoms with van der Waals surface area (Å²) in [4.78, 5) is 14.3. The number of para-hydroxylation sites is 1. The van der Waals surface area contributed by atoms with Crippen molar-refractivity contribution in [1.82, 2.24) is 0 Å². The highest BCUT2D eigenvalue weighted by atomic mass is 16.4. The third-order valence-corrected chi connectivity index (χ3v) is 5.32. The molecular formula is C26H25NO2. The molecule has 0 fully saturated rings. The molecule has 0 unspecified atom stereocenters. The molecule has 3 heteroatoms. The van der Waals surface area contributed by atoms with E-state index in [0.717, 1.165) is 27.9 Å². The minimum atomic E-state index is -0.332. The van der Waals surface area contributed by atoms with Gasteiger partial charge in [-0.25, -0.2) is 4.79 Å². The number of rotatable bonds is 3. The van der Waals surface area contributed by atoms with E-state index in [1.165, 1.54) is 5.56 Å². The van der Waals surface area contributed by atoms with Gasteiger partial charge in [0.1, 0.15) is 5.58 Å². The predicted octanol–water partition coefficient (Wildman–Crippen LogP) is 6.53. The maximum Gasteiger partial charge on any atom is 0.336 e. The topological polar surface area (TPSA) is 33.5 Å². The van der Waals surface area contributed by atoms with Crippen LogP contribution in [0.5, 0.6) is 0 Å². The summed E-state index contributed by atoms with van der Waals surface area (Å²) >= 11 is 0. The van der Waals surface area contributed by atoms with Gasteiger partial charge in [0, 0.05) is 29.9 Å². The Morgan fingerprint density at radius 1 is 0.793 bits per heavy atom. The van der Waals surface area contributed by atoms with Gasteiger partial charge in [0.15, 0.2) is 0 Å². The van der Waals surface area contributed by atoms with Crippen LogP contribution in [0.1, 0.15) is 26.3 Å². The van der Waals surface area contributed by atoms with Gasteiger partial charge < -0.3 is 9.32 Å². The van der Waals surface area contributed by atoms with Crippen LogP contribution in [-0.4, -0.2) is 7.05 Å². The van der Waals surface area contributed by atoms with Crippen LogP contribution < -0.4 is 10.5 Å². The van der Waals surface area contributed by atoms with Gasteiger partial charge in [0.25, 0.3) is 0 Å². The lowest BCUT2D eigenvalue weighted by Crippen LogP contribution is -2.11. The molecule has 3 aromatic carbocycles. The molecule has 0 spiro atoms. The summed E-state index contributed by atoms with van der Waals surface area (Å²) in [5.74, 6) is 0. The Morgan fingerprint density at radius 3 is 2.10 bits per heavy atom. The van der Waals surface area contributed by atoms with Crippen LogP contribution in [-0.2, 0) is 5.41 Å². The first-order valence-electron chi connectivity index (χ1n) is 9.80. The van der Waals surface area contributed by atoms with E-state index in [1.54, 1.807) is 6.07 Å². The average molecular weight is 383 g/mol. The Hall–Kier alpha value is -3.33. The Labute approximate surface area is 171 Å². The van der Waals surface area contributed by atoms with Gasteiger partial charge >= 0.3 is 5.63 Å². The number of fused-ring (bicyclic) bond motifs is 1. The van der Waals surface area contributed by atoms with E-state index in [0.29, 0.717) is 5.58 Å². The van der Waals surface area contributed by atoms with Crippen molar-refractivity contribution in [3.63, 3.8) is 0 Å².